The topological polar surface area (TPSA) is 49.4 Å². The Bertz CT molecular complexity index is 862. The van der Waals surface area contributed by atoms with Crippen LogP contribution in [-0.4, -0.2) is 23.3 Å². The van der Waals surface area contributed by atoms with Crippen LogP contribution in [0, 0.1) is 13.8 Å². The van der Waals surface area contributed by atoms with Crippen LogP contribution in [0.1, 0.15) is 16.7 Å². The van der Waals surface area contributed by atoms with Gasteiger partial charge in [-0.1, -0.05) is 53.6 Å². The molecule has 0 aliphatic carbocycles. The van der Waals surface area contributed by atoms with Gasteiger partial charge in [0.05, 0.1) is 5.57 Å². The van der Waals surface area contributed by atoms with Crippen molar-refractivity contribution in [3.63, 3.8) is 0 Å². The predicted molar refractivity (Wildman–Crippen MR) is 99.8 cm³/mol. The molecule has 2 aromatic carbocycles. The molecule has 0 unspecified atom stereocenters. The van der Waals surface area contributed by atoms with E-state index in [1.807, 2.05) is 62.4 Å². The third-order valence-electron chi connectivity index (χ3n) is 4.14. The van der Waals surface area contributed by atoms with E-state index < -0.39 is 0 Å². The molecule has 0 bridgehead atoms. The Hall–Kier alpha value is -3.14. The predicted octanol–water partition coefficient (Wildman–Crippen LogP) is 3.68. The first-order valence-corrected chi connectivity index (χ1v) is 8.13. The lowest BCUT2D eigenvalue weighted by Crippen LogP contribution is -2.32. The van der Waals surface area contributed by atoms with Gasteiger partial charge in [0.15, 0.2) is 0 Å². The van der Waals surface area contributed by atoms with Gasteiger partial charge >= 0.3 is 0 Å². The summed E-state index contributed by atoms with van der Waals surface area (Å²) in [7, 11) is 0. The van der Waals surface area contributed by atoms with Gasteiger partial charge in [0.2, 0.25) is 0 Å². The number of nitrogens with zero attached hydrogens (tertiary/aromatic N) is 1. The monoisotopic (exact) mass is 332 g/mol. The molecule has 0 fully saturated rings. The molecule has 0 saturated carbocycles. The van der Waals surface area contributed by atoms with Crippen LogP contribution in [0.5, 0.6) is 0 Å². The Morgan fingerprint density at radius 3 is 2.04 bits per heavy atom. The summed E-state index contributed by atoms with van der Waals surface area (Å²) >= 11 is 0. The number of rotatable bonds is 5. The molecule has 0 spiro atoms. The number of carbonyl (C=O) groups is 2. The Balaban J connectivity index is 2.06. The van der Waals surface area contributed by atoms with E-state index in [9.17, 15) is 9.59 Å². The van der Waals surface area contributed by atoms with E-state index in [2.05, 4.69) is 11.9 Å². The summed E-state index contributed by atoms with van der Waals surface area (Å²) in [4.78, 5) is 26.8. The van der Waals surface area contributed by atoms with Gasteiger partial charge in [-0.3, -0.25) is 14.5 Å². The number of benzene rings is 2. The largest absolute Gasteiger partial charge is 0.350 e. The van der Waals surface area contributed by atoms with Crippen molar-refractivity contribution in [1.29, 1.82) is 0 Å². The molecule has 126 valence electrons. The summed E-state index contributed by atoms with van der Waals surface area (Å²) in [6.45, 7) is 7.80. The van der Waals surface area contributed by atoms with Gasteiger partial charge in [0.25, 0.3) is 11.8 Å². The second-order valence-electron chi connectivity index (χ2n) is 6.12. The highest BCUT2D eigenvalue weighted by Crippen LogP contribution is 2.30. The lowest BCUT2D eigenvalue weighted by molar-refractivity contribution is -0.136. The molecule has 1 heterocycles. The van der Waals surface area contributed by atoms with E-state index in [0.717, 1.165) is 22.4 Å². The second-order valence-corrected chi connectivity index (χ2v) is 6.12. The van der Waals surface area contributed by atoms with Crippen molar-refractivity contribution >= 4 is 23.1 Å². The van der Waals surface area contributed by atoms with Crippen LogP contribution in [0.3, 0.4) is 0 Å². The van der Waals surface area contributed by atoms with Crippen molar-refractivity contribution < 1.29 is 9.59 Å². The number of hydrogen-bond acceptors (Lipinski definition) is 3. The number of hydrogen-bond donors (Lipinski definition) is 1. The Morgan fingerprint density at radius 2 is 1.48 bits per heavy atom. The summed E-state index contributed by atoms with van der Waals surface area (Å²) in [6, 6.07) is 15.3. The molecule has 0 saturated heterocycles. The molecule has 25 heavy (non-hydrogen) atoms. The summed E-state index contributed by atoms with van der Waals surface area (Å²) in [6.07, 6.45) is 1.55. The lowest BCUT2D eigenvalue weighted by atomic mass is 10.0. The highest BCUT2D eigenvalue weighted by atomic mass is 16.2. The van der Waals surface area contributed by atoms with Crippen molar-refractivity contribution in [3.05, 3.63) is 83.6 Å². The van der Waals surface area contributed by atoms with Gasteiger partial charge < -0.3 is 5.32 Å². The third kappa shape index (κ3) is 3.24. The fraction of sp³-hybridized carbons (Fsp3) is 0.143. The highest BCUT2D eigenvalue weighted by Gasteiger charge is 2.38. The molecule has 2 amide bonds. The summed E-state index contributed by atoms with van der Waals surface area (Å²) in [5.41, 5.74) is 4.42. The van der Waals surface area contributed by atoms with Crippen molar-refractivity contribution in [2.45, 2.75) is 13.8 Å². The molecule has 0 atom stereocenters. The molecule has 0 aromatic heterocycles. The number of nitrogens with one attached hydrogen (secondary N) is 1. The molecule has 3 rings (SSSR count). The molecule has 4 nitrogen and oxygen atoms in total. The van der Waals surface area contributed by atoms with E-state index in [1.54, 1.807) is 6.08 Å². The van der Waals surface area contributed by atoms with Crippen molar-refractivity contribution in [2.75, 3.05) is 11.9 Å². The van der Waals surface area contributed by atoms with Crippen LogP contribution < -0.4 is 5.32 Å². The summed E-state index contributed by atoms with van der Waals surface area (Å²) < 4.78 is 0. The average Bonchev–Trinajstić information content (AvgIpc) is 2.83. The minimum atomic E-state index is -0.332. The first-order chi connectivity index (χ1) is 12.0. The van der Waals surface area contributed by atoms with Crippen LogP contribution in [0.25, 0.3) is 5.57 Å². The summed E-state index contributed by atoms with van der Waals surface area (Å²) in [5.74, 6) is -0.635. The Labute approximate surface area is 147 Å². The molecule has 4 heteroatoms. The number of amides is 2. The molecule has 1 aliphatic rings. The molecule has 1 N–H and O–H groups in total. The minimum Gasteiger partial charge on any atom is -0.350 e. The number of anilines is 1. The van der Waals surface area contributed by atoms with Gasteiger partial charge in [-0.05, 0) is 31.5 Å². The number of imide groups is 1. The second kappa shape index (κ2) is 6.77. The van der Waals surface area contributed by atoms with Gasteiger partial charge in [-0.15, -0.1) is 6.58 Å². The lowest BCUT2D eigenvalue weighted by Gasteiger charge is -2.12. The van der Waals surface area contributed by atoms with E-state index >= 15 is 0 Å². The van der Waals surface area contributed by atoms with Crippen LogP contribution >= 0.6 is 0 Å². The molecule has 2 aromatic rings. The number of aryl methyl sites for hydroxylation is 2. The van der Waals surface area contributed by atoms with Crippen molar-refractivity contribution in [2.24, 2.45) is 0 Å². The highest BCUT2D eigenvalue weighted by molar-refractivity contribution is 6.36. The zero-order valence-corrected chi connectivity index (χ0v) is 14.4. The van der Waals surface area contributed by atoms with Gasteiger partial charge in [-0.25, -0.2) is 0 Å². The van der Waals surface area contributed by atoms with E-state index in [4.69, 9.17) is 0 Å². The summed E-state index contributed by atoms with van der Waals surface area (Å²) in [5, 5.41) is 3.13. The molecule has 1 aliphatic heterocycles. The van der Waals surface area contributed by atoms with Crippen LogP contribution in [0.15, 0.2) is 66.9 Å². The fourth-order valence-electron chi connectivity index (χ4n) is 2.76. The van der Waals surface area contributed by atoms with Crippen molar-refractivity contribution in [1.82, 2.24) is 4.90 Å². The zero-order valence-electron chi connectivity index (χ0n) is 14.4. The SMILES string of the molecule is C=CCN1C(=O)C(Nc2ccc(C)cc2)=C(c2ccc(C)cc2)C1=O. The fourth-order valence-corrected chi connectivity index (χ4v) is 2.76. The van der Waals surface area contributed by atoms with Crippen LogP contribution in [0.4, 0.5) is 5.69 Å². The van der Waals surface area contributed by atoms with Gasteiger partial charge in [0.1, 0.15) is 5.70 Å². The maximum absolute atomic E-state index is 12.8. The standard InChI is InChI=1S/C21H20N2O2/c1-4-13-23-20(24)18(16-9-5-14(2)6-10-16)19(21(23)25)22-17-11-7-15(3)8-12-17/h4-12,22H,1,13H2,2-3H3. The number of carbonyl (C=O) groups excluding carboxylic acids is 2. The quantitative estimate of drug-likeness (QED) is 0.671. The van der Waals surface area contributed by atoms with Crippen molar-refractivity contribution in [3.8, 4) is 0 Å². The molecule has 0 radical (unpaired) electrons. The minimum absolute atomic E-state index is 0.187. The smallest absolute Gasteiger partial charge is 0.278 e. The van der Waals surface area contributed by atoms with Crippen LogP contribution in [-0.2, 0) is 9.59 Å². The van der Waals surface area contributed by atoms with E-state index in [0.29, 0.717) is 11.3 Å². The van der Waals surface area contributed by atoms with E-state index in [-0.39, 0.29) is 18.4 Å². The normalized spacial score (nSPS) is 14.2. The van der Waals surface area contributed by atoms with Gasteiger partial charge in [0, 0.05) is 12.2 Å². The van der Waals surface area contributed by atoms with Gasteiger partial charge in [-0.2, -0.15) is 0 Å². The first-order valence-electron chi connectivity index (χ1n) is 8.13. The zero-order chi connectivity index (χ0) is 18.0. The maximum Gasteiger partial charge on any atom is 0.278 e. The van der Waals surface area contributed by atoms with E-state index in [1.165, 1.54) is 4.90 Å². The van der Waals surface area contributed by atoms with Crippen LogP contribution in [0.2, 0.25) is 0 Å². The average molecular weight is 332 g/mol. The Kier molecular flexibility index (Phi) is 4.52. The molecular weight excluding hydrogens is 312 g/mol. The third-order valence-corrected chi connectivity index (χ3v) is 4.14. The first kappa shape index (κ1) is 16.7. The maximum atomic E-state index is 12.8. The molecular formula is C21H20N2O2. The Morgan fingerprint density at radius 1 is 0.920 bits per heavy atom.